The van der Waals surface area contributed by atoms with Crippen molar-refractivity contribution in [3.63, 3.8) is 0 Å². The molecule has 0 amide bonds. The Morgan fingerprint density at radius 3 is 2.79 bits per heavy atom. The van der Waals surface area contributed by atoms with Crippen LogP contribution in [0, 0.1) is 5.92 Å². The van der Waals surface area contributed by atoms with E-state index in [1.165, 1.54) is 7.11 Å². The molecule has 1 aliphatic carbocycles. The van der Waals surface area contributed by atoms with Gasteiger partial charge in [-0.1, -0.05) is 13.0 Å². The van der Waals surface area contributed by atoms with Gasteiger partial charge in [0.2, 0.25) is 5.76 Å². The third-order valence-electron chi connectivity index (χ3n) is 4.87. The summed E-state index contributed by atoms with van der Waals surface area (Å²) in [6.07, 6.45) is 4.75. The van der Waals surface area contributed by atoms with Crippen LogP contribution in [0.5, 0.6) is 11.5 Å². The number of ether oxygens (including phenoxy) is 3. The summed E-state index contributed by atoms with van der Waals surface area (Å²) < 4.78 is 21.6. The standard InChI is InChI=1S/C23H26O6/c1-4-27-21-13-16(12-17-7-5-6-15(2)22(17)24)8-10-19(21)28-14-18-9-11-20(29-18)23(25)26-3/h8-13,15H,4-7,14H2,1-3H3/b17-12+/t15-/m0/s1. The van der Waals surface area contributed by atoms with Crippen molar-refractivity contribution in [2.75, 3.05) is 13.7 Å². The number of benzene rings is 1. The van der Waals surface area contributed by atoms with Gasteiger partial charge in [-0.25, -0.2) is 4.79 Å². The highest BCUT2D eigenvalue weighted by Crippen LogP contribution is 2.32. The number of rotatable bonds is 7. The first kappa shape index (κ1) is 20.7. The number of furan rings is 1. The van der Waals surface area contributed by atoms with Crippen LogP contribution in [0.4, 0.5) is 0 Å². The minimum absolute atomic E-state index is 0.0899. The van der Waals surface area contributed by atoms with Crippen LogP contribution < -0.4 is 9.47 Å². The molecule has 1 saturated carbocycles. The molecule has 6 heteroatoms. The van der Waals surface area contributed by atoms with Crippen LogP contribution >= 0.6 is 0 Å². The molecule has 0 N–H and O–H groups in total. The fourth-order valence-corrected chi connectivity index (χ4v) is 3.33. The number of hydrogen-bond acceptors (Lipinski definition) is 6. The number of Topliss-reactive ketones (excluding diaryl/α,β-unsaturated/α-hetero) is 1. The van der Waals surface area contributed by atoms with Gasteiger partial charge in [-0.15, -0.1) is 0 Å². The Morgan fingerprint density at radius 1 is 1.21 bits per heavy atom. The summed E-state index contributed by atoms with van der Waals surface area (Å²) in [5.41, 5.74) is 1.77. The number of carbonyl (C=O) groups is 2. The summed E-state index contributed by atoms with van der Waals surface area (Å²) in [6, 6.07) is 8.81. The zero-order chi connectivity index (χ0) is 20.8. The van der Waals surface area contributed by atoms with Crippen molar-refractivity contribution in [2.45, 2.75) is 39.7 Å². The molecule has 0 radical (unpaired) electrons. The molecular formula is C23H26O6. The molecule has 1 aliphatic rings. The van der Waals surface area contributed by atoms with E-state index in [4.69, 9.17) is 13.9 Å². The Kier molecular flexibility index (Phi) is 6.75. The van der Waals surface area contributed by atoms with Crippen LogP contribution in [-0.2, 0) is 16.1 Å². The van der Waals surface area contributed by atoms with E-state index >= 15 is 0 Å². The van der Waals surface area contributed by atoms with E-state index in [1.54, 1.807) is 12.1 Å². The van der Waals surface area contributed by atoms with Crippen LogP contribution in [0.2, 0.25) is 0 Å². The van der Waals surface area contributed by atoms with Crippen molar-refractivity contribution >= 4 is 17.8 Å². The molecule has 0 bridgehead atoms. The maximum absolute atomic E-state index is 12.4. The quantitative estimate of drug-likeness (QED) is 0.492. The molecule has 29 heavy (non-hydrogen) atoms. The van der Waals surface area contributed by atoms with Crippen molar-refractivity contribution in [3.05, 3.63) is 53.0 Å². The fraction of sp³-hybridized carbons (Fsp3) is 0.391. The van der Waals surface area contributed by atoms with Crippen LogP contribution in [0.15, 0.2) is 40.3 Å². The van der Waals surface area contributed by atoms with Gasteiger partial charge in [0.1, 0.15) is 12.4 Å². The van der Waals surface area contributed by atoms with E-state index in [0.29, 0.717) is 23.9 Å². The second-order valence-electron chi connectivity index (χ2n) is 7.01. The monoisotopic (exact) mass is 398 g/mol. The Bertz CT molecular complexity index is 908. The number of allylic oxidation sites excluding steroid dienone is 1. The predicted octanol–water partition coefficient (Wildman–Crippen LogP) is 4.82. The van der Waals surface area contributed by atoms with Gasteiger partial charge in [-0.3, -0.25) is 4.79 Å². The van der Waals surface area contributed by atoms with E-state index in [2.05, 4.69) is 4.74 Å². The van der Waals surface area contributed by atoms with Gasteiger partial charge in [0.15, 0.2) is 17.3 Å². The van der Waals surface area contributed by atoms with Gasteiger partial charge in [-0.2, -0.15) is 0 Å². The van der Waals surface area contributed by atoms with Crippen LogP contribution in [-0.4, -0.2) is 25.5 Å². The van der Waals surface area contributed by atoms with Crippen LogP contribution in [0.3, 0.4) is 0 Å². The fourth-order valence-electron chi connectivity index (χ4n) is 3.33. The van der Waals surface area contributed by atoms with Crippen molar-refractivity contribution in [3.8, 4) is 11.5 Å². The van der Waals surface area contributed by atoms with E-state index in [9.17, 15) is 9.59 Å². The first-order chi connectivity index (χ1) is 14.0. The second-order valence-corrected chi connectivity index (χ2v) is 7.01. The average Bonchev–Trinajstić information content (AvgIpc) is 3.19. The van der Waals surface area contributed by atoms with Gasteiger partial charge in [0.05, 0.1) is 13.7 Å². The number of esters is 1. The lowest BCUT2D eigenvalue weighted by atomic mass is 9.84. The average molecular weight is 398 g/mol. The summed E-state index contributed by atoms with van der Waals surface area (Å²) >= 11 is 0. The summed E-state index contributed by atoms with van der Waals surface area (Å²) in [7, 11) is 1.30. The van der Waals surface area contributed by atoms with Crippen molar-refractivity contribution in [2.24, 2.45) is 5.92 Å². The topological polar surface area (TPSA) is 75.0 Å². The van der Waals surface area contributed by atoms with Crippen molar-refractivity contribution < 1.29 is 28.2 Å². The lowest BCUT2D eigenvalue weighted by Crippen LogP contribution is -2.18. The molecule has 1 heterocycles. The third-order valence-corrected chi connectivity index (χ3v) is 4.87. The Balaban J connectivity index is 1.75. The molecule has 1 atom stereocenters. The van der Waals surface area contributed by atoms with Gasteiger partial charge in [-0.05, 0) is 67.7 Å². The molecule has 2 aromatic rings. The molecule has 154 valence electrons. The summed E-state index contributed by atoms with van der Waals surface area (Å²) in [5, 5.41) is 0. The normalized spacial score (nSPS) is 18.0. The van der Waals surface area contributed by atoms with Gasteiger partial charge < -0.3 is 18.6 Å². The molecule has 6 nitrogen and oxygen atoms in total. The van der Waals surface area contributed by atoms with Crippen LogP contribution in [0.1, 0.15) is 55.0 Å². The van der Waals surface area contributed by atoms with Crippen LogP contribution in [0.25, 0.3) is 6.08 Å². The molecular weight excluding hydrogens is 372 g/mol. The Labute approximate surface area is 170 Å². The molecule has 3 rings (SSSR count). The molecule has 0 spiro atoms. The second kappa shape index (κ2) is 9.45. The van der Waals surface area contributed by atoms with Gasteiger partial charge in [0.25, 0.3) is 0 Å². The molecule has 1 fully saturated rings. The Morgan fingerprint density at radius 2 is 2.03 bits per heavy atom. The van der Waals surface area contributed by atoms with E-state index in [-0.39, 0.29) is 24.1 Å². The smallest absolute Gasteiger partial charge is 0.373 e. The molecule has 1 aromatic heterocycles. The highest BCUT2D eigenvalue weighted by Gasteiger charge is 2.22. The van der Waals surface area contributed by atoms with E-state index in [1.807, 2.05) is 38.1 Å². The van der Waals surface area contributed by atoms with E-state index in [0.717, 1.165) is 30.4 Å². The molecule has 0 unspecified atom stereocenters. The number of methoxy groups -OCH3 is 1. The number of ketones is 1. The van der Waals surface area contributed by atoms with Crippen molar-refractivity contribution in [1.29, 1.82) is 0 Å². The zero-order valence-corrected chi connectivity index (χ0v) is 17.0. The zero-order valence-electron chi connectivity index (χ0n) is 17.0. The summed E-state index contributed by atoms with van der Waals surface area (Å²) in [5.74, 6) is 1.58. The summed E-state index contributed by atoms with van der Waals surface area (Å²) in [4.78, 5) is 23.8. The molecule has 0 saturated heterocycles. The summed E-state index contributed by atoms with van der Waals surface area (Å²) in [6.45, 7) is 4.52. The first-order valence-corrected chi connectivity index (χ1v) is 9.83. The predicted molar refractivity (Wildman–Crippen MR) is 108 cm³/mol. The number of carbonyl (C=O) groups excluding carboxylic acids is 2. The van der Waals surface area contributed by atoms with E-state index < -0.39 is 5.97 Å². The minimum atomic E-state index is -0.532. The van der Waals surface area contributed by atoms with Crippen molar-refractivity contribution in [1.82, 2.24) is 0 Å². The minimum Gasteiger partial charge on any atom is -0.490 e. The third kappa shape index (κ3) is 5.08. The molecule has 0 aliphatic heterocycles. The maximum atomic E-state index is 12.4. The SMILES string of the molecule is CCOc1cc(/C=C2\CCC[C@H](C)C2=O)ccc1OCc1ccc(C(=O)OC)o1. The number of hydrogen-bond donors (Lipinski definition) is 0. The highest BCUT2D eigenvalue weighted by molar-refractivity contribution is 6.01. The largest absolute Gasteiger partial charge is 0.490 e. The highest BCUT2D eigenvalue weighted by atomic mass is 16.5. The first-order valence-electron chi connectivity index (χ1n) is 9.83. The maximum Gasteiger partial charge on any atom is 0.373 e. The lowest BCUT2D eigenvalue weighted by molar-refractivity contribution is -0.119. The van der Waals surface area contributed by atoms with Gasteiger partial charge >= 0.3 is 5.97 Å². The van der Waals surface area contributed by atoms with Gasteiger partial charge in [0, 0.05) is 5.92 Å². The molecule has 1 aromatic carbocycles. The lowest BCUT2D eigenvalue weighted by Gasteiger charge is -2.19. The Hall–Kier alpha value is -3.02.